The molecule has 65 valence electrons. The number of alkyl halides is 1. The summed E-state index contributed by atoms with van der Waals surface area (Å²) in [5.41, 5.74) is 0.783. The Bertz CT molecular complexity index is 206. The molecule has 0 saturated carbocycles. The molecule has 1 unspecified atom stereocenters. The van der Waals surface area contributed by atoms with Gasteiger partial charge in [-0.25, -0.2) is 4.39 Å². The molecule has 1 atom stereocenters. The summed E-state index contributed by atoms with van der Waals surface area (Å²) in [5, 5.41) is 0. The Morgan fingerprint density at radius 1 is 1.25 bits per heavy atom. The number of hydrogen-bond acceptors (Lipinski definition) is 0. The van der Waals surface area contributed by atoms with E-state index in [2.05, 4.69) is 6.92 Å². The maximum atomic E-state index is 13.3. The Morgan fingerprint density at radius 2 is 1.92 bits per heavy atom. The number of unbranched alkanes of at least 4 members (excludes halogenated alkanes) is 1. The topological polar surface area (TPSA) is 0 Å². The summed E-state index contributed by atoms with van der Waals surface area (Å²) in [6.07, 6.45) is 1.45. The van der Waals surface area contributed by atoms with Gasteiger partial charge in [0.15, 0.2) is 0 Å². The summed E-state index contributed by atoms with van der Waals surface area (Å²) in [5.74, 6) is 0. The average molecular weight is 165 g/mol. The predicted molar refractivity (Wildman–Crippen MR) is 49.5 cm³/mol. The van der Waals surface area contributed by atoms with Crippen LogP contribution in [0.4, 0.5) is 4.39 Å². The smallest absolute Gasteiger partial charge is 0.125 e. The first-order valence-corrected chi connectivity index (χ1v) is 4.33. The third-order valence-electron chi connectivity index (χ3n) is 1.87. The van der Waals surface area contributed by atoms with Crippen LogP contribution in [0.25, 0.3) is 0 Å². The van der Waals surface area contributed by atoms with E-state index in [4.69, 9.17) is 0 Å². The monoisotopic (exact) mass is 165 g/mol. The molecular weight excluding hydrogens is 151 g/mol. The van der Waals surface area contributed by atoms with Crippen molar-refractivity contribution < 1.29 is 4.39 Å². The van der Waals surface area contributed by atoms with Crippen LogP contribution in [0.2, 0.25) is 0 Å². The van der Waals surface area contributed by atoms with Crippen molar-refractivity contribution in [3.05, 3.63) is 42.8 Å². The van der Waals surface area contributed by atoms with Crippen molar-refractivity contribution in [2.75, 3.05) is 0 Å². The molecule has 0 spiro atoms. The van der Waals surface area contributed by atoms with Crippen LogP contribution < -0.4 is 0 Å². The summed E-state index contributed by atoms with van der Waals surface area (Å²) in [6, 6.07) is 9.29. The Labute approximate surface area is 73.4 Å². The van der Waals surface area contributed by atoms with Gasteiger partial charge in [-0.15, -0.1) is 0 Å². The van der Waals surface area contributed by atoms with E-state index in [-0.39, 0.29) is 0 Å². The van der Waals surface area contributed by atoms with E-state index in [1.54, 1.807) is 0 Å². The molecule has 1 rings (SSSR count). The molecule has 0 aromatic heterocycles. The van der Waals surface area contributed by atoms with Gasteiger partial charge < -0.3 is 0 Å². The van der Waals surface area contributed by atoms with Gasteiger partial charge in [-0.05, 0) is 12.0 Å². The average Bonchev–Trinajstić information content (AvgIpc) is 2.15. The molecule has 0 N–H and O–H groups in total. The van der Waals surface area contributed by atoms with E-state index in [0.717, 1.165) is 18.4 Å². The molecule has 0 aliphatic carbocycles. The highest BCUT2D eigenvalue weighted by molar-refractivity contribution is 5.17. The molecule has 1 aromatic carbocycles. The highest BCUT2D eigenvalue weighted by atomic mass is 19.1. The van der Waals surface area contributed by atoms with E-state index < -0.39 is 6.17 Å². The number of halogens is 1. The van der Waals surface area contributed by atoms with Crippen LogP contribution in [0.1, 0.15) is 31.0 Å². The van der Waals surface area contributed by atoms with Gasteiger partial charge in [0.05, 0.1) is 0 Å². The molecule has 12 heavy (non-hydrogen) atoms. The summed E-state index contributed by atoms with van der Waals surface area (Å²) in [7, 11) is 0. The van der Waals surface area contributed by atoms with E-state index in [9.17, 15) is 4.39 Å². The van der Waals surface area contributed by atoms with Crippen molar-refractivity contribution in [2.45, 2.75) is 25.4 Å². The van der Waals surface area contributed by atoms with Gasteiger partial charge in [-0.2, -0.15) is 0 Å². The first-order valence-electron chi connectivity index (χ1n) is 4.33. The lowest BCUT2D eigenvalue weighted by molar-refractivity contribution is 0.317. The fourth-order valence-electron chi connectivity index (χ4n) is 1.15. The van der Waals surface area contributed by atoms with Gasteiger partial charge >= 0.3 is 0 Å². The van der Waals surface area contributed by atoms with Crippen molar-refractivity contribution >= 4 is 0 Å². The molecule has 0 amide bonds. The Morgan fingerprint density at radius 3 is 2.50 bits per heavy atom. The Hall–Kier alpha value is -0.850. The van der Waals surface area contributed by atoms with Crippen molar-refractivity contribution in [1.82, 2.24) is 0 Å². The molecule has 0 fully saturated rings. The van der Waals surface area contributed by atoms with Gasteiger partial charge in [0.1, 0.15) is 6.17 Å². The lowest BCUT2D eigenvalue weighted by Crippen LogP contribution is -1.90. The summed E-state index contributed by atoms with van der Waals surface area (Å²) in [4.78, 5) is 0. The Balaban J connectivity index is 2.48. The summed E-state index contributed by atoms with van der Waals surface area (Å²) in [6.45, 7) is 3.68. The maximum absolute atomic E-state index is 13.3. The van der Waals surface area contributed by atoms with Gasteiger partial charge in [-0.3, -0.25) is 0 Å². The van der Waals surface area contributed by atoms with Crippen molar-refractivity contribution in [2.24, 2.45) is 0 Å². The van der Waals surface area contributed by atoms with Gasteiger partial charge in [0, 0.05) is 0 Å². The zero-order valence-electron chi connectivity index (χ0n) is 7.17. The minimum Gasteiger partial charge on any atom is -0.242 e. The molecule has 1 aromatic rings. The lowest BCUT2D eigenvalue weighted by atomic mass is 10.1. The quantitative estimate of drug-likeness (QED) is 0.638. The molecule has 1 heteroatoms. The van der Waals surface area contributed by atoms with Crippen LogP contribution in [-0.4, -0.2) is 0 Å². The molecule has 1 radical (unpaired) electrons. The lowest BCUT2D eigenvalue weighted by Gasteiger charge is -2.06. The SMILES string of the molecule is [CH2]CCCC(F)c1ccccc1. The molecular formula is C11H14F. The second kappa shape index (κ2) is 4.91. The maximum Gasteiger partial charge on any atom is 0.125 e. The summed E-state index contributed by atoms with van der Waals surface area (Å²) >= 11 is 0. The van der Waals surface area contributed by atoms with Crippen LogP contribution in [0.15, 0.2) is 30.3 Å². The molecule has 0 aliphatic rings. The minimum absolute atomic E-state index is 0.591. The van der Waals surface area contributed by atoms with E-state index in [1.807, 2.05) is 30.3 Å². The molecule has 0 nitrogen and oxygen atoms in total. The van der Waals surface area contributed by atoms with E-state index >= 15 is 0 Å². The highest BCUT2D eigenvalue weighted by Crippen LogP contribution is 2.22. The van der Waals surface area contributed by atoms with Gasteiger partial charge in [0.2, 0.25) is 0 Å². The van der Waals surface area contributed by atoms with E-state index in [0.29, 0.717) is 6.42 Å². The van der Waals surface area contributed by atoms with Crippen molar-refractivity contribution in [3.8, 4) is 0 Å². The van der Waals surface area contributed by atoms with E-state index in [1.165, 1.54) is 0 Å². The van der Waals surface area contributed by atoms with Crippen molar-refractivity contribution in [3.63, 3.8) is 0 Å². The fourth-order valence-corrected chi connectivity index (χ4v) is 1.15. The van der Waals surface area contributed by atoms with Crippen LogP contribution in [0, 0.1) is 6.92 Å². The largest absolute Gasteiger partial charge is 0.242 e. The highest BCUT2D eigenvalue weighted by Gasteiger charge is 2.06. The standard InChI is InChI=1S/C11H14F/c1-2-3-9-11(12)10-7-5-4-6-8-10/h4-8,11H,1-3,9H2. The molecule has 0 bridgehead atoms. The third-order valence-corrected chi connectivity index (χ3v) is 1.87. The van der Waals surface area contributed by atoms with Crippen LogP contribution in [0.3, 0.4) is 0 Å². The predicted octanol–water partition coefficient (Wildman–Crippen LogP) is 3.70. The summed E-state index contributed by atoms with van der Waals surface area (Å²) < 4.78 is 13.3. The minimum atomic E-state index is -0.812. The number of rotatable bonds is 4. The second-order valence-electron chi connectivity index (χ2n) is 2.87. The normalized spacial score (nSPS) is 12.8. The molecule has 0 heterocycles. The fraction of sp³-hybridized carbons (Fsp3) is 0.364. The first-order chi connectivity index (χ1) is 5.84. The molecule has 0 aliphatic heterocycles. The van der Waals surface area contributed by atoms with Crippen LogP contribution in [-0.2, 0) is 0 Å². The second-order valence-corrected chi connectivity index (χ2v) is 2.87. The van der Waals surface area contributed by atoms with Crippen LogP contribution >= 0.6 is 0 Å². The molecule has 0 saturated heterocycles. The number of hydrogen-bond donors (Lipinski definition) is 0. The van der Waals surface area contributed by atoms with Gasteiger partial charge in [0.25, 0.3) is 0 Å². The zero-order valence-corrected chi connectivity index (χ0v) is 7.17. The number of benzene rings is 1. The first kappa shape index (κ1) is 9.24. The van der Waals surface area contributed by atoms with Crippen molar-refractivity contribution in [1.29, 1.82) is 0 Å². The third kappa shape index (κ3) is 2.65. The Kier molecular flexibility index (Phi) is 3.78. The zero-order chi connectivity index (χ0) is 8.81. The van der Waals surface area contributed by atoms with Gasteiger partial charge in [-0.1, -0.05) is 50.1 Å². The van der Waals surface area contributed by atoms with Crippen LogP contribution in [0.5, 0.6) is 0 Å².